The lowest BCUT2D eigenvalue weighted by atomic mass is 10.2. The van der Waals surface area contributed by atoms with Crippen LogP contribution in [0.5, 0.6) is 11.5 Å². The van der Waals surface area contributed by atoms with E-state index in [4.69, 9.17) is 14.6 Å². The van der Waals surface area contributed by atoms with Crippen LogP contribution in [0.4, 0.5) is 0 Å². The highest BCUT2D eigenvalue weighted by Crippen LogP contribution is 2.29. The van der Waals surface area contributed by atoms with Gasteiger partial charge in [-0.1, -0.05) is 15.9 Å². The summed E-state index contributed by atoms with van der Waals surface area (Å²) in [5.41, 5.74) is 0.365. The summed E-state index contributed by atoms with van der Waals surface area (Å²) in [7, 11) is 0. The number of halogens is 2. The van der Waals surface area contributed by atoms with Crippen molar-refractivity contribution >= 4 is 43.8 Å². The van der Waals surface area contributed by atoms with Crippen molar-refractivity contribution in [3.63, 3.8) is 0 Å². The molecule has 0 saturated heterocycles. The molecule has 0 saturated carbocycles. The first-order valence-corrected chi connectivity index (χ1v) is 8.18. The molecule has 0 aliphatic rings. The lowest BCUT2D eigenvalue weighted by Crippen LogP contribution is -2.11. The molecule has 2 aromatic rings. The first kappa shape index (κ1) is 17.5. The summed E-state index contributed by atoms with van der Waals surface area (Å²) >= 11 is 6.50. The Kier molecular flexibility index (Phi) is 5.79. The maximum atomic E-state index is 12.4. The fourth-order valence-electron chi connectivity index (χ4n) is 1.81. The van der Waals surface area contributed by atoms with Crippen LogP contribution in [-0.4, -0.2) is 23.7 Å². The first-order valence-electron chi connectivity index (χ1n) is 6.59. The van der Waals surface area contributed by atoms with Gasteiger partial charge in [0.15, 0.2) is 0 Å². The van der Waals surface area contributed by atoms with E-state index in [1.165, 1.54) is 18.2 Å². The summed E-state index contributed by atoms with van der Waals surface area (Å²) in [4.78, 5) is 23.3. The van der Waals surface area contributed by atoms with Crippen LogP contribution in [0.3, 0.4) is 0 Å². The van der Waals surface area contributed by atoms with Gasteiger partial charge in [0.1, 0.15) is 17.1 Å². The molecule has 0 amide bonds. The Morgan fingerprint density at radius 3 is 2.39 bits per heavy atom. The molecule has 7 heteroatoms. The Balaban J connectivity index is 2.29. The summed E-state index contributed by atoms with van der Waals surface area (Å²) in [6, 6.07) is 9.19. The predicted octanol–water partition coefficient (Wildman–Crippen LogP) is 4.53. The van der Waals surface area contributed by atoms with Gasteiger partial charge < -0.3 is 14.6 Å². The topological polar surface area (TPSA) is 72.8 Å². The normalized spacial score (nSPS) is 10.2. The van der Waals surface area contributed by atoms with Crippen LogP contribution < -0.4 is 9.47 Å². The lowest BCUT2D eigenvalue weighted by Gasteiger charge is -2.11. The summed E-state index contributed by atoms with van der Waals surface area (Å²) in [6.07, 6.45) is 0. The van der Waals surface area contributed by atoms with Crippen molar-refractivity contribution in [2.45, 2.75) is 6.92 Å². The molecule has 0 aliphatic carbocycles. The standard InChI is InChI=1S/C16H12Br2O5/c1-2-22-13-6-4-10(17)8-11(13)16(21)23-14-5-3-9(15(19)20)7-12(14)18/h3-8H,2H2,1H3,(H,19,20). The maximum absolute atomic E-state index is 12.4. The molecule has 0 aliphatic heterocycles. The second-order valence-corrected chi connectivity index (χ2v) is 6.18. The average molecular weight is 444 g/mol. The van der Waals surface area contributed by atoms with Gasteiger partial charge in [-0.25, -0.2) is 9.59 Å². The zero-order valence-corrected chi connectivity index (χ0v) is 15.2. The molecule has 0 radical (unpaired) electrons. The third-order valence-electron chi connectivity index (χ3n) is 2.84. The molecular formula is C16H12Br2O5. The summed E-state index contributed by atoms with van der Waals surface area (Å²) in [6.45, 7) is 2.23. The van der Waals surface area contributed by atoms with Gasteiger partial charge in [0.2, 0.25) is 0 Å². The third-order valence-corrected chi connectivity index (χ3v) is 3.96. The lowest BCUT2D eigenvalue weighted by molar-refractivity contribution is 0.0696. The predicted molar refractivity (Wildman–Crippen MR) is 91.4 cm³/mol. The van der Waals surface area contributed by atoms with Crippen LogP contribution in [0.15, 0.2) is 45.3 Å². The van der Waals surface area contributed by atoms with E-state index in [0.29, 0.717) is 21.3 Å². The average Bonchev–Trinajstić information content (AvgIpc) is 2.51. The number of carboxylic acids is 1. The fraction of sp³-hybridized carbons (Fsp3) is 0.125. The van der Waals surface area contributed by atoms with Crippen molar-refractivity contribution in [3.05, 3.63) is 56.5 Å². The van der Waals surface area contributed by atoms with E-state index in [2.05, 4.69) is 31.9 Å². The third kappa shape index (κ3) is 4.33. The molecule has 0 spiro atoms. The number of carbonyl (C=O) groups excluding carboxylic acids is 1. The van der Waals surface area contributed by atoms with E-state index in [-0.39, 0.29) is 16.9 Å². The second kappa shape index (κ2) is 7.61. The molecule has 0 unspecified atom stereocenters. The number of hydrogen-bond donors (Lipinski definition) is 1. The minimum atomic E-state index is -1.06. The zero-order valence-electron chi connectivity index (χ0n) is 12.0. The number of carbonyl (C=O) groups is 2. The van der Waals surface area contributed by atoms with Crippen molar-refractivity contribution in [2.75, 3.05) is 6.61 Å². The summed E-state index contributed by atoms with van der Waals surface area (Å²) < 4.78 is 11.8. The quantitative estimate of drug-likeness (QED) is 0.542. The molecular weight excluding hydrogens is 432 g/mol. The van der Waals surface area contributed by atoms with Crippen LogP contribution in [0.2, 0.25) is 0 Å². The molecule has 0 fully saturated rings. The van der Waals surface area contributed by atoms with Gasteiger partial charge in [-0.05, 0) is 59.3 Å². The van der Waals surface area contributed by atoms with Crippen LogP contribution in [0.25, 0.3) is 0 Å². The Morgan fingerprint density at radius 1 is 1.09 bits per heavy atom. The van der Waals surface area contributed by atoms with Gasteiger partial charge in [-0.15, -0.1) is 0 Å². The Morgan fingerprint density at radius 2 is 1.78 bits per heavy atom. The van der Waals surface area contributed by atoms with Gasteiger partial charge in [0, 0.05) is 4.47 Å². The molecule has 120 valence electrons. The van der Waals surface area contributed by atoms with Crippen molar-refractivity contribution in [2.24, 2.45) is 0 Å². The maximum Gasteiger partial charge on any atom is 0.347 e. The van der Waals surface area contributed by atoms with Crippen molar-refractivity contribution in [1.29, 1.82) is 0 Å². The van der Waals surface area contributed by atoms with E-state index in [1.807, 2.05) is 6.92 Å². The van der Waals surface area contributed by atoms with E-state index in [0.717, 1.165) is 0 Å². The minimum Gasteiger partial charge on any atom is -0.493 e. The highest BCUT2D eigenvalue weighted by Gasteiger charge is 2.17. The van der Waals surface area contributed by atoms with Gasteiger partial charge >= 0.3 is 11.9 Å². The second-order valence-electron chi connectivity index (χ2n) is 4.41. The van der Waals surface area contributed by atoms with Crippen molar-refractivity contribution in [3.8, 4) is 11.5 Å². The molecule has 23 heavy (non-hydrogen) atoms. The molecule has 5 nitrogen and oxygen atoms in total. The van der Waals surface area contributed by atoms with E-state index in [1.54, 1.807) is 18.2 Å². The van der Waals surface area contributed by atoms with Crippen molar-refractivity contribution in [1.82, 2.24) is 0 Å². The molecule has 0 aromatic heterocycles. The van der Waals surface area contributed by atoms with Crippen molar-refractivity contribution < 1.29 is 24.2 Å². The van der Waals surface area contributed by atoms with E-state index in [9.17, 15) is 9.59 Å². The Hall–Kier alpha value is -1.86. The summed E-state index contributed by atoms with van der Waals surface area (Å²) in [5, 5.41) is 8.94. The highest BCUT2D eigenvalue weighted by molar-refractivity contribution is 9.10. The van der Waals surface area contributed by atoms with E-state index < -0.39 is 11.9 Å². The molecule has 1 N–H and O–H groups in total. The van der Waals surface area contributed by atoms with Gasteiger partial charge in [0.25, 0.3) is 0 Å². The fourth-order valence-corrected chi connectivity index (χ4v) is 2.64. The summed E-state index contributed by atoms with van der Waals surface area (Å²) in [5.74, 6) is -1.02. The molecule has 0 heterocycles. The number of rotatable bonds is 5. The van der Waals surface area contributed by atoms with Gasteiger partial charge in [-0.2, -0.15) is 0 Å². The SMILES string of the molecule is CCOc1ccc(Br)cc1C(=O)Oc1ccc(C(=O)O)cc1Br. The van der Waals surface area contributed by atoms with Crippen LogP contribution in [0, 0.1) is 0 Å². The zero-order chi connectivity index (χ0) is 17.0. The molecule has 2 rings (SSSR count). The molecule has 0 bridgehead atoms. The Bertz CT molecular complexity index is 758. The first-order chi connectivity index (χ1) is 10.9. The number of hydrogen-bond acceptors (Lipinski definition) is 4. The number of ether oxygens (including phenoxy) is 2. The number of benzene rings is 2. The number of esters is 1. The smallest absolute Gasteiger partial charge is 0.347 e. The van der Waals surface area contributed by atoms with Crippen LogP contribution in [0.1, 0.15) is 27.6 Å². The monoisotopic (exact) mass is 442 g/mol. The van der Waals surface area contributed by atoms with Crippen LogP contribution >= 0.6 is 31.9 Å². The number of carboxylic acid groups (broad SMARTS) is 1. The number of aromatic carboxylic acids is 1. The van der Waals surface area contributed by atoms with Crippen LogP contribution in [-0.2, 0) is 0 Å². The van der Waals surface area contributed by atoms with Gasteiger partial charge in [-0.3, -0.25) is 0 Å². The highest BCUT2D eigenvalue weighted by atomic mass is 79.9. The molecule has 0 atom stereocenters. The Labute approximate surface area is 149 Å². The molecule has 2 aromatic carbocycles. The van der Waals surface area contributed by atoms with E-state index >= 15 is 0 Å². The minimum absolute atomic E-state index is 0.0918. The van der Waals surface area contributed by atoms with Gasteiger partial charge in [0.05, 0.1) is 16.6 Å². The largest absolute Gasteiger partial charge is 0.493 e.